The van der Waals surface area contributed by atoms with Crippen LogP contribution in [-0.4, -0.2) is 90.0 Å². The van der Waals surface area contributed by atoms with Gasteiger partial charge < -0.3 is 34.3 Å². The summed E-state index contributed by atoms with van der Waals surface area (Å²) in [6, 6.07) is 29.4. The fourth-order valence-corrected chi connectivity index (χ4v) is 10.4. The molecule has 2 saturated heterocycles. The lowest BCUT2D eigenvalue weighted by molar-refractivity contribution is -0.137. The largest absolute Gasteiger partial charge is 0.508 e. The van der Waals surface area contributed by atoms with Gasteiger partial charge in [0, 0.05) is 69.3 Å². The highest BCUT2D eigenvalue weighted by molar-refractivity contribution is 5.97. The lowest BCUT2D eigenvalue weighted by Gasteiger charge is -2.39. The Kier molecular flexibility index (Phi) is 12.3. The van der Waals surface area contributed by atoms with Crippen LogP contribution in [0.15, 0.2) is 84.9 Å². The summed E-state index contributed by atoms with van der Waals surface area (Å²) in [5.74, 6) is 1.62. The highest BCUT2D eigenvalue weighted by atomic mass is 16.3. The number of rotatable bonds is 12. The van der Waals surface area contributed by atoms with Gasteiger partial charge in [0.1, 0.15) is 18.3 Å². The van der Waals surface area contributed by atoms with Crippen LogP contribution in [0.25, 0.3) is 0 Å². The molecule has 59 heavy (non-hydrogen) atoms. The van der Waals surface area contributed by atoms with Crippen LogP contribution in [0, 0.1) is 18.8 Å². The molecule has 0 radical (unpaired) electrons. The minimum Gasteiger partial charge on any atom is -0.508 e. The van der Waals surface area contributed by atoms with Crippen molar-refractivity contribution in [2.45, 2.75) is 89.3 Å². The molecule has 1 aliphatic carbocycles. The zero-order valence-corrected chi connectivity index (χ0v) is 34.6. The molecule has 308 valence electrons. The number of amides is 2. The molecule has 0 spiro atoms. The van der Waals surface area contributed by atoms with Gasteiger partial charge in [-0.25, -0.2) is 0 Å². The number of nitrogens with zero attached hydrogens (tertiary/aromatic N) is 4. The van der Waals surface area contributed by atoms with Crippen molar-refractivity contribution < 1.29 is 24.3 Å². The Hall–Kier alpha value is -5.28. The van der Waals surface area contributed by atoms with E-state index >= 15 is 0 Å². The summed E-state index contributed by atoms with van der Waals surface area (Å²) in [6.45, 7) is 8.03. The number of carbonyl (C=O) groups excluding carboxylic acids is 4. The van der Waals surface area contributed by atoms with E-state index in [9.17, 15) is 24.3 Å². The maximum atomic E-state index is 13.8. The molecule has 2 fully saturated rings. The first-order valence-corrected chi connectivity index (χ1v) is 21.7. The van der Waals surface area contributed by atoms with Crippen LogP contribution >= 0.6 is 0 Å². The SMILES string of the molecule is Cc1cc2c(cc1C(=O)N(C)C(C=O)CCC=O)CN(C(=O)C1CCN(CC3CCN(c4ccc([C@@H]5c6ccc(O)cc6CC[C@@H]5c5ccccc5)cc4)CC3)CC1)C2. The number of anilines is 1. The van der Waals surface area contributed by atoms with Gasteiger partial charge >= 0.3 is 0 Å². The Morgan fingerprint density at radius 3 is 2.22 bits per heavy atom. The molecule has 8 rings (SSSR count). The molecule has 9 heteroatoms. The molecule has 1 N–H and O–H groups in total. The molecule has 4 aromatic rings. The average Bonchev–Trinajstić information content (AvgIpc) is 3.69. The molecular formula is C50H58N4O5. The number of aryl methyl sites for hydroxylation is 2. The van der Waals surface area contributed by atoms with Crippen LogP contribution in [0.5, 0.6) is 5.75 Å². The number of likely N-dealkylation sites (N-methyl/N-ethyl adjacent to an activating group) is 1. The number of phenolic OH excluding ortho intramolecular Hbond substituents is 1. The van der Waals surface area contributed by atoms with Crippen molar-refractivity contribution in [3.05, 3.63) is 129 Å². The van der Waals surface area contributed by atoms with Gasteiger partial charge in [-0.05, 0) is 146 Å². The minimum atomic E-state index is -0.653. The number of carbonyl (C=O) groups is 4. The maximum absolute atomic E-state index is 13.8. The van der Waals surface area contributed by atoms with Gasteiger partial charge in [0.05, 0.1) is 6.04 Å². The van der Waals surface area contributed by atoms with Crippen LogP contribution < -0.4 is 4.90 Å². The third kappa shape index (κ3) is 8.72. The highest BCUT2D eigenvalue weighted by Gasteiger charge is 2.35. The summed E-state index contributed by atoms with van der Waals surface area (Å²) >= 11 is 0. The fourth-order valence-electron chi connectivity index (χ4n) is 10.4. The number of piperidine rings is 2. The normalized spacial score (nSPS) is 20.4. The predicted octanol–water partition coefficient (Wildman–Crippen LogP) is 7.65. The lowest BCUT2D eigenvalue weighted by Crippen LogP contribution is -2.44. The Balaban J connectivity index is 0.816. The molecule has 4 aliphatic rings. The van der Waals surface area contributed by atoms with Crippen molar-refractivity contribution in [1.29, 1.82) is 0 Å². The number of aldehydes is 2. The third-order valence-corrected chi connectivity index (χ3v) is 13.9. The van der Waals surface area contributed by atoms with E-state index in [1.54, 1.807) is 7.05 Å². The third-order valence-electron chi connectivity index (χ3n) is 13.9. The van der Waals surface area contributed by atoms with E-state index in [1.807, 2.05) is 36.1 Å². The number of phenols is 1. The molecule has 3 aliphatic heterocycles. The Morgan fingerprint density at radius 2 is 1.53 bits per heavy atom. The van der Waals surface area contributed by atoms with Crippen LogP contribution in [0.4, 0.5) is 5.69 Å². The first kappa shape index (κ1) is 40.5. The van der Waals surface area contributed by atoms with Gasteiger partial charge in [0.2, 0.25) is 5.91 Å². The number of fused-ring (bicyclic) bond motifs is 2. The molecule has 0 saturated carbocycles. The van der Waals surface area contributed by atoms with E-state index in [0.717, 1.165) is 101 Å². The van der Waals surface area contributed by atoms with Gasteiger partial charge in [-0.3, -0.25) is 9.59 Å². The number of likely N-dealkylation sites (tertiary alicyclic amines) is 1. The lowest BCUT2D eigenvalue weighted by atomic mass is 9.69. The van der Waals surface area contributed by atoms with E-state index in [2.05, 4.69) is 70.5 Å². The summed E-state index contributed by atoms with van der Waals surface area (Å²) in [5, 5.41) is 10.2. The first-order chi connectivity index (χ1) is 28.7. The summed E-state index contributed by atoms with van der Waals surface area (Å²) in [5.41, 5.74) is 10.0. The van der Waals surface area contributed by atoms with E-state index in [4.69, 9.17) is 0 Å². The summed E-state index contributed by atoms with van der Waals surface area (Å²) < 4.78 is 0. The summed E-state index contributed by atoms with van der Waals surface area (Å²) in [7, 11) is 1.61. The van der Waals surface area contributed by atoms with Crippen LogP contribution in [0.1, 0.15) is 106 Å². The van der Waals surface area contributed by atoms with Crippen molar-refractivity contribution in [2.24, 2.45) is 11.8 Å². The predicted molar refractivity (Wildman–Crippen MR) is 231 cm³/mol. The first-order valence-electron chi connectivity index (χ1n) is 21.7. The van der Waals surface area contributed by atoms with E-state index in [-0.39, 0.29) is 30.1 Å². The standard InChI is InChI=1S/C50H58N4O5/c1-34-27-40-31-54(32-41(40)29-47(34)50(59)51(2)43(33-56)9-6-26-55)49(58)38-20-22-52(23-21-38)30-35-18-24-53(25-19-35)42-13-10-37(11-14-42)48-45(36-7-4-3-5-8-36)16-12-39-28-44(57)15-17-46(39)48/h3-5,7-8,10-11,13-15,17,26-29,33,35,38,43,45,48,57H,6,9,12,16,18-25,30-32H2,1-2H3/t43?,45-,48+/m1/s1. The van der Waals surface area contributed by atoms with Crippen molar-refractivity contribution >= 4 is 30.1 Å². The topological polar surface area (TPSA) is 101 Å². The van der Waals surface area contributed by atoms with E-state index in [0.29, 0.717) is 42.7 Å². The van der Waals surface area contributed by atoms with Crippen molar-refractivity contribution in [2.75, 3.05) is 44.7 Å². The molecule has 3 atom stereocenters. The molecule has 2 amide bonds. The number of hydrogen-bond acceptors (Lipinski definition) is 7. The number of benzene rings is 4. The van der Waals surface area contributed by atoms with Gasteiger partial charge in [-0.2, -0.15) is 0 Å². The van der Waals surface area contributed by atoms with Crippen molar-refractivity contribution in [1.82, 2.24) is 14.7 Å². The molecule has 4 aromatic carbocycles. The zero-order chi connectivity index (χ0) is 41.0. The Labute approximate surface area is 349 Å². The number of hydrogen-bond donors (Lipinski definition) is 1. The Morgan fingerprint density at radius 1 is 0.814 bits per heavy atom. The van der Waals surface area contributed by atoms with E-state index < -0.39 is 6.04 Å². The minimum absolute atomic E-state index is 0.0158. The van der Waals surface area contributed by atoms with Crippen molar-refractivity contribution in [3.63, 3.8) is 0 Å². The summed E-state index contributed by atoms with van der Waals surface area (Å²) in [6.07, 6.45) is 8.12. The van der Waals surface area contributed by atoms with Crippen LogP contribution in [0.2, 0.25) is 0 Å². The van der Waals surface area contributed by atoms with Gasteiger partial charge in [-0.15, -0.1) is 0 Å². The van der Waals surface area contributed by atoms with Crippen LogP contribution in [0.3, 0.4) is 0 Å². The highest BCUT2D eigenvalue weighted by Crippen LogP contribution is 2.47. The molecule has 0 bridgehead atoms. The van der Waals surface area contributed by atoms with Gasteiger partial charge in [0.15, 0.2) is 0 Å². The van der Waals surface area contributed by atoms with Gasteiger partial charge in [-0.1, -0.05) is 54.6 Å². The molecular weight excluding hydrogens is 737 g/mol. The smallest absolute Gasteiger partial charge is 0.254 e. The second-order valence-corrected chi connectivity index (χ2v) is 17.5. The average molecular weight is 795 g/mol. The fraction of sp³-hybridized carbons (Fsp3) is 0.440. The molecule has 1 unspecified atom stereocenters. The monoisotopic (exact) mass is 794 g/mol. The second kappa shape index (κ2) is 17.9. The molecule has 3 heterocycles. The second-order valence-electron chi connectivity index (χ2n) is 17.5. The molecule has 0 aromatic heterocycles. The zero-order valence-electron chi connectivity index (χ0n) is 34.6. The molecule has 9 nitrogen and oxygen atoms in total. The Bertz CT molecular complexity index is 2140. The number of aromatic hydroxyl groups is 1. The summed E-state index contributed by atoms with van der Waals surface area (Å²) in [4.78, 5) is 58.2. The van der Waals surface area contributed by atoms with Gasteiger partial charge in [0.25, 0.3) is 5.91 Å². The maximum Gasteiger partial charge on any atom is 0.254 e. The quantitative estimate of drug-likeness (QED) is 0.147. The van der Waals surface area contributed by atoms with Crippen LogP contribution in [-0.2, 0) is 33.9 Å². The van der Waals surface area contributed by atoms with E-state index in [1.165, 1.54) is 32.8 Å². The van der Waals surface area contributed by atoms with Crippen molar-refractivity contribution in [3.8, 4) is 5.75 Å².